The number of hydrogen-bond donors (Lipinski definition) is 1. The van der Waals surface area contributed by atoms with Crippen molar-refractivity contribution in [3.05, 3.63) is 0 Å². The van der Waals surface area contributed by atoms with E-state index in [0.717, 1.165) is 18.5 Å². The molecule has 1 unspecified atom stereocenters. The highest BCUT2D eigenvalue weighted by Gasteiger charge is 2.30. The van der Waals surface area contributed by atoms with Crippen LogP contribution in [0.5, 0.6) is 0 Å². The van der Waals surface area contributed by atoms with Gasteiger partial charge in [0.1, 0.15) is 0 Å². The molecule has 0 bridgehead atoms. The Hall–Kier alpha value is -0.520. The lowest BCUT2D eigenvalue weighted by Gasteiger charge is -2.29. The minimum Gasteiger partial charge on any atom is -0.316 e. The molecule has 0 aromatic rings. The van der Waals surface area contributed by atoms with E-state index in [1.807, 2.05) is 6.92 Å². The van der Waals surface area contributed by atoms with Crippen LogP contribution in [0.15, 0.2) is 0 Å². The molecule has 1 aliphatic carbocycles. The van der Waals surface area contributed by atoms with Crippen molar-refractivity contribution < 1.29 is 0 Å². The summed E-state index contributed by atoms with van der Waals surface area (Å²) in [5, 5.41) is 3.49. The van der Waals surface area contributed by atoms with Crippen molar-refractivity contribution in [2.75, 3.05) is 26.2 Å². The van der Waals surface area contributed by atoms with Gasteiger partial charge in [0.2, 0.25) is 0 Å². The molecule has 0 spiro atoms. The summed E-state index contributed by atoms with van der Waals surface area (Å²) in [5.41, 5.74) is 0. The van der Waals surface area contributed by atoms with E-state index in [1.54, 1.807) is 0 Å². The van der Waals surface area contributed by atoms with Crippen molar-refractivity contribution in [3.63, 3.8) is 0 Å². The molecule has 2 nitrogen and oxygen atoms in total. The Kier molecular flexibility index (Phi) is 4.05. The molecule has 2 rings (SSSR count). The van der Waals surface area contributed by atoms with Crippen LogP contribution in [0.2, 0.25) is 0 Å². The Morgan fingerprint density at radius 3 is 2.80 bits per heavy atom. The molecule has 1 atom stereocenters. The molecule has 0 aromatic carbocycles. The number of piperidine rings is 1. The topological polar surface area (TPSA) is 15.3 Å². The monoisotopic (exact) mass is 206 g/mol. The molecule has 2 heteroatoms. The molecule has 0 amide bonds. The van der Waals surface area contributed by atoms with Gasteiger partial charge in [-0.25, -0.2) is 0 Å². The van der Waals surface area contributed by atoms with E-state index in [1.165, 1.54) is 45.3 Å². The zero-order chi connectivity index (χ0) is 10.5. The van der Waals surface area contributed by atoms with Crippen molar-refractivity contribution in [1.82, 2.24) is 10.2 Å². The number of nitrogens with one attached hydrogen (secondary N) is 1. The van der Waals surface area contributed by atoms with Crippen LogP contribution in [0, 0.1) is 17.8 Å². The normalized spacial score (nSPS) is 26.1. The molecule has 15 heavy (non-hydrogen) atoms. The van der Waals surface area contributed by atoms with Gasteiger partial charge in [0.25, 0.3) is 0 Å². The minimum absolute atomic E-state index is 0.854. The first-order valence-electron chi connectivity index (χ1n) is 6.24. The van der Waals surface area contributed by atoms with Crippen LogP contribution in [0.1, 0.15) is 32.6 Å². The number of nitrogens with zero attached hydrogens (tertiary/aromatic N) is 1. The Morgan fingerprint density at radius 1 is 1.33 bits per heavy atom. The maximum Gasteiger partial charge on any atom is 0.0603 e. The van der Waals surface area contributed by atoms with Crippen LogP contribution in [-0.4, -0.2) is 37.1 Å². The predicted octanol–water partition coefficient (Wildman–Crippen LogP) is 1.47. The van der Waals surface area contributed by atoms with Gasteiger partial charge in [-0.15, -0.1) is 5.92 Å². The third kappa shape index (κ3) is 3.52. The van der Waals surface area contributed by atoms with Gasteiger partial charge in [0, 0.05) is 12.6 Å². The summed E-state index contributed by atoms with van der Waals surface area (Å²) in [6.45, 7) is 6.61. The van der Waals surface area contributed by atoms with E-state index in [2.05, 4.69) is 22.1 Å². The summed E-state index contributed by atoms with van der Waals surface area (Å²) in [5.74, 6) is 7.08. The van der Waals surface area contributed by atoms with Crippen LogP contribution >= 0.6 is 0 Å². The molecule has 0 radical (unpaired) electrons. The van der Waals surface area contributed by atoms with E-state index >= 15 is 0 Å². The summed E-state index contributed by atoms with van der Waals surface area (Å²) >= 11 is 0. The van der Waals surface area contributed by atoms with Gasteiger partial charge in [-0.2, -0.15) is 0 Å². The maximum absolute atomic E-state index is 3.49. The van der Waals surface area contributed by atoms with Crippen LogP contribution in [0.4, 0.5) is 0 Å². The van der Waals surface area contributed by atoms with E-state index in [0.29, 0.717) is 0 Å². The van der Waals surface area contributed by atoms with Crippen molar-refractivity contribution >= 4 is 0 Å². The SMILES string of the molecule is CC#CCN(CC1CCCNC1)C1CC1. The second kappa shape index (κ2) is 5.53. The Bertz CT molecular complexity index is 241. The van der Waals surface area contributed by atoms with E-state index in [-0.39, 0.29) is 0 Å². The van der Waals surface area contributed by atoms with Crippen molar-refractivity contribution in [2.45, 2.75) is 38.6 Å². The quantitative estimate of drug-likeness (QED) is 0.701. The third-order valence-electron chi connectivity index (χ3n) is 3.41. The van der Waals surface area contributed by atoms with Gasteiger partial charge >= 0.3 is 0 Å². The van der Waals surface area contributed by atoms with Crippen LogP contribution in [0.3, 0.4) is 0 Å². The lowest BCUT2D eigenvalue weighted by atomic mass is 9.99. The second-order valence-electron chi connectivity index (χ2n) is 4.80. The van der Waals surface area contributed by atoms with Gasteiger partial charge in [-0.3, -0.25) is 4.90 Å². The summed E-state index contributed by atoms with van der Waals surface area (Å²) in [7, 11) is 0. The Labute approximate surface area is 93.4 Å². The van der Waals surface area contributed by atoms with E-state index in [4.69, 9.17) is 0 Å². The van der Waals surface area contributed by atoms with Crippen LogP contribution < -0.4 is 5.32 Å². The van der Waals surface area contributed by atoms with Crippen molar-refractivity contribution in [2.24, 2.45) is 5.92 Å². The first-order chi connectivity index (χ1) is 7.40. The highest BCUT2D eigenvalue weighted by Crippen LogP contribution is 2.28. The van der Waals surface area contributed by atoms with E-state index < -0.39 is 0 Å². The number of hydrogen-bond acceptors (Lipinski definition) is 2. The molecular formula is C13H22N2. The summed E-state index contributed by atoms with van der Waals surface area (Å²) in [4.78, 5) is 2.59. The summed E-state index contributed by atoms with van der Waals surface area (Å²) in [6, 6.07) is 0.854. The van der Waals surface area contributed by atoms with Gasteiger partial charge in [-0.05, 0) is 51.6 Å². The van der Waals surface area contributed by atoms with Gasteiger partial charge in [0.05, 0.1) is 6.54 Å². The average molecular weight is 206 g/mol. The molecule has 2 fully saturated rings. The minimum atomic E-state index is 0.854. The fourth-order valence-corrected chi connectivity index (χ4v) is 2.37. The van der Waals surface area contributed by atoms with E-state index in [9.17, 15) is 0 Å². The maximum atomic E-state index is 3.49. The highest BCUT2D eigenvalue weighted by molar-refractivity contribution is 5.01. The van der Waals surface area contributed by atoms with Gasteiger partial charge in [0.15, 0.2) is 0 Å². The summed E-state index contributed by atoms with van der Waals surface area (Å²) < 4.78 is 0. The predicted molar refractivity (Wildman–Crippen MR) is 63.6 cm³/mol. The molecule has 1 aliphatic heterocycles. The largest absolute Gasteiger partial charge is 0.316 e. The molecule has 1 heterocycles. The van der Waals surface area contributed by atoms with Crippen LogP contribution in [0.25, 0.3) is 0 Å². The number of rotatable bonds is 4. The second-order valence-corrected chi connectivity index (χ2v) is 4.80. The third-order valence-corrected chi connectivity index (χ3v) is 3.41. The zero-order valence-electron chi connectivity index (χ0n) is 9.76. The average Bonchev–Trinajstić information content (AvgIpc) is 3.09. The molecule has 1 saturated heterocycles. The zero-order valence-corrected chi connectivity index (χ0v) is 9.76. The Morgan fingerprint density at radius 2 is 2.20 bits per heavy atom. The molecule has 2 aliphatic rings. The fourth-order valence-electron chi connectivity index (χ4n) is 2.37. The standard InChI is InChI=1S/C13H22N2/c1-2-3-9-15(13-6-7-13)11-12-5-4-8-14-10-12/h12-14H,4-11H2,1H3. The lowest BCUT2D eigenvalue weighted by molar-refractivity contribution is 0.220. The molecular weight excluding hydrogens is 184 g/mol. The first kappa shape index (κ1) is 11.0. The lowest BCUT2D eigenvalue weighted by Crippen LogP contribution is -2.39. The molecule has 0 aromatic heterocycles. The van der Waals surface area contributed by atoms with Crippen LogP contribution in [-0.2, 0) is 0 Å². The smallest absolute Gasteiger partial charge is 0.0603 e. The van der Waals surface area contributed by atoms with Gasteiger partial charge < -0.3 is 5.32 Å². The fraction of sp³-hybridized carbons (Fsp3) is 0.846. The molecule has 1 saturated carbocycles. The van der Waals surface area contributed by atoms with Crippen molar-refractivity contribution in [1.29, 1.82) is 0 Å². The van der Waals surface area contributed by atoms with Crippen molar-refractivity contribution in [3.8, 4) is 11.8 Å². The summed E-state index contributed by atoms with van der Waals surface area (Å²) in [6.07, 6.45) is 5.54. The first-order valence-corrected chi connectivity index (χ1v) is 6.24. The highest BCUT2D eigenvalue weighted by atomic mass is 15.2. The molecule has 1 N–H and O–H groups in total. The Balaban J connectivity index is 1.78. The van der Waals surface area contributed by atoms with Gasteiger partial charge in [-0.1, -0.05) is 5.92 Å². The molecule has 84 valence electrons.